The van der Waals surface area contributed by atoms with E-state index >= 15 is 0 Å². The molecule has 1 fully saturated rings. The van der Waals surface area contributed by atoms with Crippen molar-refractivity contribution in [2.24, 2.45) is 5.92 Å². The van der Waals surface area contributed by atoms with Crippen LogP contribution in [-0.2, 0) is 0 Å². The lowest BCUT2D eigenvalue weighted by Crippen LogP contribution is -2.34. The molecule has 1 aliphatic rings. The van der Waals surface area contributed by atoms with Gasteiger partial charge < -0.3 is 10.3 Å². The Labute approximate surface area is 197 Å². The number of nitrogens with zero attached hydrogens (tertiary/aromatic N) is 5. The summed E-state index contributed by atoms with van der Waals surface area (Å²) in [5, 5.41) is 4.06. The summed E-state index contributed by atoms with van der Waals surface area (Å²) < 4.78 is 14.9. The molecule has 3 N–H and O–H groups in total. The number of aromatic amines is 1. The van der Waals surface area contributed by atoms with Crippen LogP contribution in [0.3, 0.4) is 0 Å². The molecule has 6 rings (SSSR count). The van der Waals surface area contributed by atoms with E-state index in [4.69, 9.17) is 16.6 Å². The number of fused-ring (bicyclic) bond motifs is 2. The standard InChI is InChI=1S/C23H18ClFN8O/c24-15-2-1-3-16-17(15)23(34)33(32-14-8-6-13(25)7-9-14)22(30-16)18(12-4-5-12)31-21-19-20(27-10-26-19)28-11-29-21/h1-3,6-12,18,32H,4-5H2,(H2,26,27,28,29,31). The highest BCUT2D eigenvalue weighted by Gasteiger charge is 2.36. The van der Waals surface area contributed by atoms with Crippen LogP contribution in [-0.4, -0.2) is 29.6 Å². The van der Waals surface area contributed by atoms with Crippen molar-refractivity contribution < 1.29 is 4.39 Å². The van der Waals surface area contributed by atoms with Gasteiger partial charge in [-0.25, -0.2) is 29.0 Å². The molecule has 170 valence electrons. The summed E-state index contributed by atoms with van der Waals surface area (Å²) in [5.74, 6) is 0.895. The summed E-state index contributed by atoms with van der Waals surface area (Å²) in [6.07, 6.45) is 4.93. The molecule has 0 spiro atoms. The van der Waals surface area contributed by atoms with E-state index in [-0.39, 0.29) is 23.3 Å². The Bertz CT molecular complexity index is 1580. The van der Waals surface area contributed by atoms with E-state index in [0.717, 1.165) is 12.8 Å². The minimum atomic E-state index is -0.373. The van der Waals surface area contributed by atoms with Crippen LogP contribution in [0.25, 0.3) is 22.1 Å². The SMILES string of the molecule is O=c1c2c(Cl)cccc2nc(C(Nc2ncnc3nc[nH]c23)C2CC2)n1Nc1ccc(F)cc1. The fourth-order valence-corrected chi connectivity index (χ4v) is 4.27. The highest BCUT2D eigenvalue weighted by Crippen LogP contribution is 2.42. The minimum Gasteiger partial charge on any atom is -0.358 e. The molecule has 11 heteroatoms. The zero-order valence-electron chi connectivity index (χ0n) is 17.7. The summed E-state index contributed by atoms with van der Waals surface area (Å²) in [5.41, 5.74) is 4.97. The molecule has 0 saturated heterocycles. The van der Waals surface area contributed by atoms with Crippen LogP contribution in [0.4, 0.5) is 15.9 Å². The Kier molecular flexibility index (Phi) is 4.88. The van der Waals surface area contributed by atoms with Crippen LogP contribution < -0.4 is 16.3 Å². The molecular formula is C23H18ClFN8O. The molecule has 3 heterocycles. The Morgan fingerprint density at radius 3 is 2.74 bits per heavy atom. The molecular weight excluding hydrogens is 459 g/mol. The van der Waals surface area contributed by atoms with Gasteiger partial charge in [-0.05, 0) is 55.2 Å². The smallest absolute Gasteiger partial charge is 0.281 e. The minimum absolute atomic E-state index is 0.234. The normalized spacial score (nSPS) is 14.4. The number of anilines is 2. The summed E-state index contributed by atoms with van der Waals surface area (Å²) in [7, 11) is 0. The van der Waals surface area contributed by atoms with Crippen molar-refractivity contribution in [3.63, 3.8) is 0 Å². The number of imidazole rings is 1. The van der Waals surface area contributed by atoms with Crippen molar-refractivity contribution in [1.29, 1.82) is 0 Å². The molecule has 0 radical (unpaired) electrons. The number of benzene rings is 2. The van der Waals surface area contributed by atoms with E-state index in [0.29, 0.717) is 44.4 Å². The van der Waals surface area contributed by atoms with Gasteiger partial charge in [-0.1, -0.05) is 17.7 Å². The van der Waals surface area contributed by atoms with Crippen molar-refractivity contribution >= 4 is 45.2 Å². The van der Waals surface area contributed by atoms with Crippen LogP contribution in [0.5, 0.6) is 0 Å². The van der Waals surface area contributed by atoms with E-state index in [9.17, 15) is 9.18 Å². The van der Waals surface area contributed by atoms with Crippen LogP contribution in [0.15, 0.2) is 59.9 Å². The summed E-state index contributed by atoms with van der Waals surface area (Å²) >= 11 is 6.37. The Balaban J connectivity index is 1.52. The molecule has 0 aliphatic heterocycles. The average molecular weight is 477 g/mol. The molecule has 3 aromatic heterocycles. The monoisotopic (exact) mass is 476 g/mol. The molecule has 0 bridgehead atoms. The fraction of sp³-hybridized carbons (Fsp3) is 0.174. The Hall–Kier alpha value is -4.05. The first-order valence-electron chi connectivity index (χ1n) is 10.7. The average Bonchev–Trinajstić information content (AvgIpc) is 3.56. The van der Waals surface area contributed by atoms with E-state index in [2.05, 4.69) is 30.7 Å². The fourth-order valence-electron chi connectivity index (χ4n) is 4.02. The molecule has 2 aromatic carbocycles. The third-order valence-corrected chi connectivity index (χ3v) is 6.16. The second-order valence-corrected chi connectivity index (χ2v) is 8.55. The van der Waals surface area contributed by atoms with Gasteiger partial charge in [0.15, 0.2) is 17.3 Å². The van der Waals surface area contributed by atoms with Gasteiger partial charge >= 0.3 is 0 Å². The first-order valence-corrected chi connectivity index (χ1v) is 11.1. The van der Waals surface area contributed by atoms with Gasteiger partial charge in [-0.15, -0.1) is 0 Å². The number of aromatic nitrogens is 6. The number of halogens is 2. The summed E-state index contributed by atoms with van der Waals surface area (Å²) in [4.78, 5) is 34.3. The predicted octanol–water partition coefficient (Wildman–Crippen LogP) is 4.29. The molecule has 1 atom stereocenters. The third kappa shape index (κ3) is 3.61. The zero-order chi connectivity index (χ0) is 23.2. The quantitative estimate of drug-likeness (QED) is 0.335. The molecule has 1 aliphatic carbocycles. The van der Waals surface area contributed by atoms with Crippen LogP contribution >= 0.6 is 11.6 Å². The number of rotatable bonds is 6. The summed E-state index contributed by atoms with van der Waals surface area (Å²) in [6, 6.07) is 10.6. The second-order valence-electron chi connectivity index (χ2n) is 8.15. The van der Waals surface area contributed by atoms with E-state index in [1.807, 2.05) is 0 Å². The lowest BCUT2D eigenvalue weighted by molar-refractivity contribution is 0.596. The van der Waals surface area contributed by atoms with Gasteiger partial charge in [0.2, 0.25) is 0 Å². The molecule has 1 unspecified atom stereocenters. The van der Waals surface area contributed by atoms with Crippen LogP contribution in [0.2, 0.25) is 5.02 Å². The Morgan fingerprint density at radius 2 is 1.94 bits per heavy atom. The van der Waals surface area contributed by atoms with E-state index in [1.54, 1.807) is 36.7 Å². The van der Waals surface area contributed by atoms with Crippen molar-refractivity contribution in [2.75, 3.05) is 10.7 Å². The molecule has 1 saturated carbocycles. The maximum Gasteiger partial charge on any atom is 0.281 e. The highest BCUT2D eigenvalue weighted by atomic mass is 35.5. The van der Waals surface area contributed by atoms with Crippen LogP contribution in [0, 0.1) is 11.7 Å². The van der Waals surface area contributed by atoms with Crippen molar-refractivity contribution in [3.8, 4) is 0 Å². The van der Waals surface area contributed by atoms with Crippen molar-refractivity contribution in [2.45, 2.75) is 18.9 Å². The maximum absolute atomic E-state index is 13.6. The lowest BCUT2D eigenvalue weighted by atomic mass is 10.1. The van der Waals surface area contributed by atoms with Crippen LogP contribution in [0.1, 0.15) is 24.7 Å². The van der Waals surface area contributed by atoms with E-state index in [1.165, 1.54) is 23.1 Å². The number of hydrogen-bond acceptors (Lipinski definition) is 7. The highest BCUT2D eigenvalue weighted by molar-refractivity contribution is 6.35. The van der Waals surface area contributed by atoms with Gasteiger partial charge in [0.25, 0.3) is 5.56 Å². The third-order valence-electron chi connectivity index (χ3n) is 5.84. The topological polar surface area (TPSA) is 113 Å². The van der Waals surface area contributed by atoms with Gasteiger partial charge in [0, 0.05) is 0 Å². The van der Waals surface area contributed by atoms with Gasteiger partial charge in [0.05, 0.1) is 34.0 Å². The molecule has 5 aromatic rings. The largest absolute Gasteiger partial charge is 0.358 e. The van der Waals surface area contributed by atoms with Gasteiger partial charge in [0.1, 0.15) is 17.7 Å². The molecule has 34 heavy (non-hydrogen) atoms. The molecule has 0 amide bonds. The molecule has 9 nitrogen and oxygen atoms in total. The predicted molar refractivity (Wildman–Crippen MR) is 127 cm³/mol. The van der Waals surface area contributed by atoms with Gasteiger partial charge in [-0.3, -0.25) is 10.2 Å². The Morgan fingerprint density at radius 1 is 1.12 bits per heavy atom. The lowest BCUT2D eigenvalue weighted by Gasteiger charge is -2.23. The number of nitrogens with one attached hydrogen (secondary N) is 3. The van der Waals surface area contributed by atoms with E-state index < -0.39 is 0 Å². The first kappa shape index (κ1) is 20.5. The van der Waals surface area contributed by atoms with Crippen molar-refractivity contribution in [1.82, 2.24) is 29.6 Å². The van der Waals surface area contributed by atoms with Crippen molar-refractivity contribution in [3.05, 3.63) is 82.1 Å². The summed E-state index contributed by atoms with van der Waals surface area (Å²) in [6.45, 7) is 0. The second kappa shape index (κ2) is 8.07. The zero-order valence-corrected chi connectivity index (χ0v) is 18.4. The number of hydrogen-bond donors (Lipinski definition) is 3. The number of H-pyrrole nitrogens is 1. The first-order chi connectivity index (χ1) is 16.6. The van der Waals surface area contributed by atoms with Gasteiger partial charge in [-0.2, -0.15) is 0 Å². The maximum atomic E-state index is 13.6.